The van der Waals surface area contributed by atoms with E-state index in [-0.39, 0.29) is 32.1 Å². The van der Waals surface area contributed by atoms with Crippen molar-refractivity contribution in [3.63, 3.8) is 0 Å². The van der Waals surface area contributed by atoms with Crippen molar-refractivity contribution in [2.45, 2.75) is 180 Å². The number of phosphoric ester groups is 1. The second-order valence-corrected chi connectivity index (χ2v) is 14.4. The van der Waals surface area contributed by atoms with E-state index in [9.17, 15) is 24.2 Å². The van der Waals surface area contributed by atoms with Gasteiger partial charge < -0.3 is 20.1 Å². The number of aliphatic hydroxyl groups is 1. The zero-order valence-corrected chi connectivity index (χ0v) is 31.6. The van der Waals surface area contributed by atoms with Gasteiger partial charge in [-0.15, -0.1) is 0 Å². The van der Waals surface area contributed by atoms with Crippen molar-refractivity contribution in [3.05, 3.63) is 24.3 Å². The molecule has 0 aromatic rings. The van der Waals surface area contributed by atoms with Gasteiger partial charge in [-0.05, 0) is 44.9 Å². The molecule has 10 heteroatoms. The Morgan fingerprint density at radius 2 is 1.12 bits per heavy atom. The Labute approximate surface area is 293 Å². The quantitative estimate of drug-likeness (QED) is 0.0255. The molecule has 0 saturated heterocycles. The molecule has 0 saturated carbocycles. The van der Waals surface area contributed by atoms with E-state index in [0.29, 0.717) is 6.42 Å². The highest BCUT2D eigenvalue weighted by Gasteiger charge is 2.23. The Bertz CT molecular complexity index is 851. The zero-order valence-electron chi connectivity index (χ0n) is 30.7. The number of ether oxygens (including phenoxy) is 1. The number of carbonyl (C=O) groups excluding carboxylic acids is 2. The normalized spacial score (nSPS) is 13.7. The van der Waals surface area contributed by atoms with Crippen molar-refractivity contribution in [1.82, 2.24) is 5.32 Å². The number of hydrogen-bond donors (Lipinski definition) is 3. The smallest absolute Gasteiger partial charge is 0.463 e. The summed E-state index contributed by atoms with van der Waals surface area (Å²) in [6.07, 6.45) is 35.7. The van der Waals surface area contributed by atoms with Crippen molar-refractivity contribution in [2.24, 2.45) is 0 Å². The summed E-state index contributed by atoms with van der Waals surface area (Å²) < 4.78 is 26.6. The molecule has 0 fully saturated rings. The molecule has 48 heavy (non-hydrogen) atoms. The van der Waals surface area contributed by atoms with Crippen molar-refractivity contribution >= 4 is 19.7 Å². The van der Waals surface area contributed by atoms with E-state index in [2.05, 4.69) is 43.5 Å². The molecule has 2 unspecified atom stereocenters. The highest BCUT2D eigenvalue weighted by Crippen LogP contribution is 2.42. The Morgan fingerprint density at radius 3 is 1.71 bits per heavy atom. The molecule has 1 amide bonds. The van der Waals surface area contributed by atoms with Crippen LogP contribution in [0.4, 0.5) is 0 Å². The van der Waals surface area contributed by atoms with Crippen molar-refractivity contribution in [3.8, 4) is 0 Å². The van der Waals surface area contributed by atoms with Gasteiger partial charge in [-0.2, -0.15) is 0 Å². The number of carbonyl (C=O) groups is 2. The van der Waals surface area contributed by atoms with Gasteiger partial charge in [0, 0.05) is 19.4 Å². The molecule has 0 rings (SSSR count). The summed E-state index contributed by atoms with van der Waals surface area (Å²) in [7, 11) is -4.40. The topological polar surface area (TPSA) is 131 Å². The van der Waals surface area contributed by atoms with E-state index in [0.717, 1.165) is 51.4 Å². The monoisotopic (exact) mass is 701 g/mol. The number of esters is 1. The number of phosphoric acid groups is 1. The third-order valence-electron chi connectivity index (χ3n) is 8.13. The average molecular weight is 702 g/mol. The third-order valence-corrected chi connectivity index (χ3v) is 9.12. The molecule has 3 N–H and O–H groups in total. The van der Waals surface area contributed by atoms with Crippen LogP contribution in [0.5, 0.6) is 0 Å². The van der Waals surface area contributed by atoms with E-state index in [1.54, 1.807) is 0 Å². The average Bonchev–Trinajstić information content (AvgIpc) is 3.07. The first-order chi connectivity index (χ1) is 23.3. The molecule has 0 aliphatic heterocycles. The van der Waals surface area contributed by atoms with Crippen LogP contribution in [0.15, 0.2) is 24.3 Å². The second-order valence-electron chi connectivity index (χ2n) is 12.9. The van der Waals surface area contributed by atoms with Gasteiger partial charge in [0.1, 0.15) is 12.7 Å². The second kappa shape index (κ2) is 35.3. The maximum absolute atomic E-state index is 12.0. The molecule has 0 aromatic heterocycles. The molecule has 9 nitrogen and oxygen atoms in total. The number of amides is 1. The summed E-state index contributed by atoms with van der Waals surface area (Å²) in [6, 6.07) is 0. The largest absolute Gasteiger partial charge is 0.472 e. The number of nitrogens with one attached hydrogen (secondary N) is 1. The summed E-state index contributed by atoms with van der Waals surface area (Å²) in [6.45, 7) is 3.45. The van der Waals surface area contributed by atoms with Gasteiger partial charge in [0.25, 0.3) is 0 Å². The van der Waals surface area contributed by atoms with Gasteiger partial charge in [-0.1, -0.05) is 141 Å². The predicted octanol–water partition coefficient (Wildman–Crippen LogP) is 10.0. The number of allylic oxidation sites excluding steroid dienone is 4. The molecule has 2 atom stereocenters. The fraction of sp³-hybridized carbons (Fsp3) is 0.842. The minimum Gasteiger partial charge on any atom is -0.463 e. The van der Waals surface area contributed by atoms with E-state index < -0.39 is 26.5 Å². The SMILES string of the molecule is CCCCC/C=C\C/C=C\CCCCCCCCCCCCCC(=O)NCCOP(=O)(O)OCC(O)COC(=O)CCCCCCCC. The number of aliphatic hydroxyl groups excluding tert-OH is 1. The minimum absolute atomic E-state index is 0.0822. The predicted molar refractivity (Wildman–Crippen MR) is 197 cm³/mol. The van der Waals surface area contributed by atoms with Crippen LogP contribution in [0.25, 0.3) is 0 Å². The number of rotatable bonds is 36. The number of hydrogen-bond acceptors (Lipinski definition) is 7. The molecular formula is C38H72NO8P. The first kappa shape index (κ1) is 46.5. The molecule has 0 spiro atoms. The van der Waals surface area contributed by atoms with Gasteiger partial charge in [-0.25, -0.2) is 4.57 Å². The summed E-state index contributed by atoms with van der Waals surface area (Å²) in [4.78, 5) is 33.6. The highest BCUT2D eigenvalue weighted by molar-refractivity contribution is 7.47. The van der Waals surface area contributed by atoms with Crippen LogP contribution >= 0.6 is 7.82 Å². The standard InChI is InChI=1S/C38H72NO8P/c1-3-5-7-9-11-12-13-14-15-16-17-18-19-20-21-22-23-24-25-26-28-30-37(41)39-32-33-46-48(43,44)47-35-36(40)34-45-38(42)31-29-27-10-8-6-4-2/h11-12,14-15,36,40H,3-10,13,16-35H2,1-2H3,(H,39,41)(H,43,44)/b12-11-,15-14-. The van der Waals surface area contributed by atoms with Crippen LogP contribution in [-0.2, 0) is 27.9 Å². The van der Waals surface area contributed by atoms with E-state index in [4.69, 9.17) is 13.8 Å². The van der Waals surface area contributed by atoms with Crippen LogP contribution in [0.3, 0.4) is 0 Å². The van der Waals surface area contributed by atoms with Crippen molar-refractivity contribution < 1.29 is 37.9 Å². The van der Waals surface area contributed by atoms with Crippen LogP contribution in [0, 0.1) is 0 Å². The van der Waals surface area contributed by atoms with Crippen LogP contribution < -0.4 is 5.32 Å². The fourth-order valence-electron chi connectivity index (χ4n) is 5.17. The summed E-state index contributed by atoms with van der Waals surface area (Å²) in [5.41, 5.74) is 0. The minimum atomic E-state index is -4.40. The Kier molecular flexibility index (Phi) is 34.2. The fourth-order valence-corrected chi connectivity index (χ4v) is 5.93. The first-order valence-corrected chi connectivity index (χ1v) is 20.8. The molecule has 0 aliphatic rings. The van der Waals surface area contributed by atoms with Gasteiger partial charge >= 0.3 is 13.8 Å². The van der Waals surface area contributed by atoms with E-state index in [1.807, 2.05) is 0 Å². The van der Waals surface area contributed by atoms with Crippen LogP contribution in [0.1, 0.15) is 174 Å². The molecule has 0 heterocycles. The maximum atomic E-state index is 12.0. The highest BCUT2D eigenvalue weighted by atomic mass is 31.2. The maximum Gasteiger partial charge on any atom is 0.472 e. The lowest BCUT2D eigenvalue weighted by Gasteiger charge is -2.15. The van der Waals surface area contributed by atoms with Crippen LogP contribution in [0.2, 0.25) is 0 Å². The Morgan fingerprint density at radius 1 is 0.646 bits per heavy atom. The molecular weight excluding hydrogens is 629 g/mol. The van der Waals surface area contributed by atoms with E-state index >= 15 is 0 Å². The first-order valence-electron chi connectivity index (χ1n) is 19.3. The van der Waals surface area contributed by atoms with Crippen molar-refractivity contribution in [2.75, 3.05) is 26.4 Å². The molecule has 0 bridgehead atoms. The third kappa shape index (κ3) is 35.8. The zero-order chi connectivity index (χ0) is 35.4. The molecule has 0 aromatic carbocycles. The lowest BCUT2D eigenvalue weighted by Crippen LogP contribution is -2.27. The van der Waals surface area contributed by atoms with Crippen LogP contribution in [-0.4, -0.2) is 54.3 Å². The van der Waals surface area contributed by atoms with Crippen molar-refractivity contribution in [1.29, 1.82) is 0 Å². The lowest BCUT2D eigenvalue weighted by molar-refractivity contribution is -0.147. The molecule has 282 valence electrons. The van der Waals surface area contributed by atoms with Gasteiger partial charge in [0.05, 0.1) is 13.2 Å². The van der Waals surface area contributed by atoms with E-state index in [1.165, 1.54) is 96.3 Å². The molecule has 0 aliphatic carbocycles. The summed E-state index contributed by atoms with van der Waals surface area (Å²) in [5.74, 6) is -0.526. The Balaban J connectivity index is 3.55. The van der Waals surface area contributed by atoms with Gasteiger partial charge in [0.2, 0.25) is 5.91 Å². The lowest BCUT2D eigenvalue weighted by atomic mass is 10.0. The Hall–Kier alpha value is -1.51. The van der Waals surface area contributed by atoms with Gasteiger partial charge in [0.15, 0.2) is 0 Å². The van der Waals surface area contributed by atoms with Gasteiger partial charge in [-0.3, -0.25) is 18.6 Å². The molecule has 0 radical (unpaired) electrons. The summed E-state index contributed by atoms with van der Waals surface area (Å²) >= 11 is 0. The summed E-state index contributed by atoms with van der Waals surface area (Å²) in [5, 5.41) is 12.6. The number of unbranched alkanes of at least 4 members (excludes halogenated alkanes) is 19.